The first-order chi connectivity index (χ1) is 13.8. The average molecular weight is 437 g/mol. The van der Waals surface area contributed by atoms with Crippen LogP contribution in [0.4, 0.5) is 0 Å². The van der Waals surface area contributed by atoms with Crippen molar-refractivity contribution in [2.45, 2.75) is 32.7 Å². The van der Waals surface area contributed by atoms with Crippen molar-refractivity contribution in [3.8, 4) is 5.75 Å². The zero-order valence-electron chi connectivity index (χ0n) is 16.5. The Balaban J connectivity index is 1.98. The van der Waals surface area contributed by atoms with Crippen LogP contribution in [0.5, 0.6) is 5.75 Å². The van der Waals surface area contributed by atoms with Crippen molar-refractivity contribution in [3.63, 3.8) is 0 Å². The Morgan fingerprint density at radius 3 is 2.55 bits per heavy atom. The summed E-state index contributed by atoms with van der Waals surface area (Å²) in [6.45, 7) is 3.73. The van der Waals surface area contributed by atoms with Crippen molar-refractivity contribution in [2.75, 3.05) is 13.7 Å². The van der Waals surface area contributed by atoms with E-state index >= 15 is 0 Å². The molecule has 0 radical (unpaired) electrons. The van der Waals surface area contributed by atoms with Crippen molar-refractivity contribution < 1.29 is 24.2 Å². The fourth-order valence-corrected chi connectivity index (χ4v) is 3.99. The molecule has 1 aliphatic rings. The van der Waals surface area contributed by atoms with Crippen LogP contribution < -0.4 is 10.1 Å². The smallest absolute Gasteiger partial charge is 0.326 e. The number of carboxylic acid groups (broad SMARTS) is 1. The number of thiocarbonyl (C=S) groups is 1. The second-order valence-electron chi connectivity index (χ2n) is 6.63. The molecule has 0 unspecified atom stereocenters. The highest BCUT2D eigenvalue weighted by Crippen LogP contribution is 2.32. The van der Waals surface area contributed by atoms with Crippen molar-refractivity contribution in [2.24, 2.45) is 5.92 Å². The topological polar surface area (TPSA) is 95.9 Å². The second-order valence-corrected chi connectivity index (χ2v) is 8.30. The number of aliphatic carboxylic acids is 1. The third-order valence-corrected chi connectivity index (χ3v) is 6.02. The molecular formula is C20H24N2O5S2. The van der Waals surface area contributed by atoms with E-state index in [9.17, 15) is 19.5 Å². The number of nitrogens with one attached hydrogen (secondary N) is 1. The lowest BCUT2D eigenvalue weighted by molar-refractivity contribution is -0.143. The summed E-state index contributed by atoms with van der Waals surface area (Å²) in [6.07, 6.45) is 2.34. The van der Waals surface area contributed by atoms with Gasteiger partial charge in [-0.15, -0.1) is 0 Å². The van der Waals surface area contributed by atoms with Gasteiger partial charge in [-0.05, 0) is 29.7 Å². The van der Waals surface area contributed by atoms with E-state index in [1.54, 1.807) is 32.2 Å². The number of carboxylic acids is 1. The molecule has 0 aliphatic carbocycles. The molecule has 1 saturated heterocycles. The van der Waals surface area contributed by atoms with Gasteiger partial charge in [0.1, 0.15) is 16.1 Å². The van der Waals surface area contributed by atoms with Crippen LogP contribution in [0.3, 0.4) is 0 Å². The predicted octanol–water partition coefficient (Wildman–Crippen LogP) is 2.90. The summed E-state index contributed by atoms with van der Waals surface area (Å²) in [5.74, 6) is -1.23. The van der Waals surface area contributed by atoms with Crippen LogP contribution in [0.1, 0.15) is 32.3 Å². The van der Waals surface area contributed by atoms with Gasteiger partial charge in [0.05, 0.1) is 12.0 Å². The van der Waals surface area contributed by atoms with E-state index in [0.717, 1.165) is 11.3 Å². The lowest BCUT2D eigenvalue weighted by Gasteiger charge is -2.21. The normalized spacial score (nSPS) is 17.3. The zero-order valence-corrected chi connectivity index (χ0v) is 18.1. The Labute approximate surface area is 179 Å². The molecule has 0 saturated carbocycles. The van der Waals surface area contributed by atoms with Gasteiger partial charge in [-0.1, -0.05) is 56.4 Å². The van der Waals surface area contributed by atoms with Gasteiger partial charge < -0.3 is 15.2 Å². The van der Waals surface area contributed by atoms with Gasteiger partial charge in [0.15, 0.2) is 0 Å². The molecule has 2 N–H and O–H groups in total. The molecule has 7 nitrogen and oxygen atoms in total. The second kappa shape index (κ2) is 10.4. The minimum absolute atomic E-state index is 0.0253. The summed E-state index contributed by atoms with van der Waals surface area (Å²) >= 11 is 6.45. The van der Waals surface area contributed by atoms with Gasteiger partial charge in [0.2, 0.25) is 5.91 Å². The van der Waals surface area contributed by atoms with Crippen LogP contribution >= 0.6 is 24.0 Å². The van der Waals surface area contributed by atoms with Crippen LogP contribution in [0, 0.1) is 5.92 Å². The first kappa shape index (κ1) is 22.9. The number of ether oxygens (including phenoxy) is 1. The predicted molar refractivity (Wildman–Crippen MR) is 117 cm³/mol. The van der Waals surface area contributed by atoms with Crippen LogP contribution in [0.2, 0.25) is 0 Å². The molecule has 2 rings (SSSR count). The van der Waals surface area contributed by atoms with Crippen LogP contribution in [-0.2, 0) is 14.4 Å². The standard InChI is InChI=1S/C20H24N2O5S2/c1-4-12(2)17(19(25)26)21-16(23)9-10-22-18(24)15(29-20(22)28)11-13-5-7-14(27-3)8-6-13/h5-8,11-12,17H,4,9-10H2,1-3H3,(H,21,23)(H,25,26)/b15-11+/t12-,17+/m0/s1. The van der Waals surface area contributed by atoms with Crippen LogP contribution in [0.15, 0.2) is 29.2 Å². The fourth-order valence-electron chi connectivity index (χ4n) is 2.69. The molecule has 9 heteroatoms. The maximum Gasteiger partial charge on any atom is 0.326 e. The number of carbonyl (C=O) groups excluding carboxylic acids is 2. The molecule has 1 aromatic carbocycles. The minimum Gasteiger partial charge on any atom is -0.497 e. The summed E-state index contributed by atoms with van der Waals surface area (Å²) in [5, 5.41) is 11.8. The summed E-state index contributed by atoms with van der Waals surface area (Å²) in [7, 11) is 1.58. The van der Waals surface area contributed by atoms with E-state index in [4.69, 9.17) is 17.0 Å². The summed E-state index contributed by atoms with van der Waals surface area (Å²) in [4.78, 5) is 38.0. The van der Waals surface area contributed by atoms with Crippen molar-refractivity contribution in [1.82, 2.24) is 10.2 Å². The van der Waals surface area contributed by atoms with Gasteiger partial charge in [0, 0.05) is 13.0 Å². The molecule has 0 aromatic heterocycles. The highest BCUT2D eigenvalue weighted by atomic mass is 32.2. The number of benzene rings is 1. The number of carbonyl (C=O) groups is 3. The lowest BCUT2D eigenvalue weighted by Crippen LogP contribution is -2.46. The number of hydrogen-bond acceptors (Lipinski definition) is 6. The molecule has 0 spiro atoms. The van der Waals surface area contributed by atoms with E-state index in [1.807, 2.05) is 19.1 Å². The molecule has 29 heavy (non-hydrogen) atoms. The first-order valence-corrected chi connectivity index (χ1v) is 10.4. The van der Waals surface area contributed by atoms with E-state index in [2.05, 4.69) is 5.32 Å². The Hall–Kier alpha value is -2.39. The summed E-state index contributed by atoms with van der Waals surface area (Å²) in [6, 6.07) is 6.31. The maximum absolute atomic E-state index is 12.6. The quantitative estimate of drug-likeness (QED) is 0.454. The maximum atomic E-state index is 12.6. The number of rotatable bonds is 9. The molecule has 2 amide bonds. The van der Waals surface area contributed by atoms with Crippen molar-refractivity contribution in [3.05, 3.63) is 34.7 Å². The number of thioether (sulfide) groups is 1. The number of methoxy groups -OCH3 is 1. The first-order valence-electron chi connectivity index (χ1n) is 9.18. The van der Waals surface area contributed by atoms with E-state index < -0.39 is 17.9 Å². The zero-order chi connectivity index (χ0) is 21.6. The third-order valence-electron chi connectivity index (χ3n) is 4.65. The van der Waals surface area contributed by atoms with Gasteiger partial charge in [-0.3, -0.25) is 14.5 Å². The van der Waals surface area contributed by atoms with Gasteiger partial charge in [-0.2, -0.15) is 0 Å². The molecule has 1 aliphatic heterocycles. The summed E-state index contributed by atoms with van der Waals surface area (Å²) < 4.78 is 5.49. The fraction of sp³-hybridized carbons (Fsp3) is 0.400. The van der Waals surface area contributed by atoms with E-state index in [0.29, 0.717) is 15.6 Å². The average Bonchev–Trinajstić information content (AvgIpc) is 2.97. The number of nitrogens with zero attached hydrogens (tertiary/aromatic N) is 1. The van der Waals surface area contributed by atoms with Crippen LogP contribution in [0.25, 0.3) is 6.08 Å². The summed E-state index contributed by atoms with van der Waals surface area (Å²) in [5.41, 5.74) is 0.835. The molecule has 2 atom stereocenters. The largest absolute Gasteiger partial charge is 0.497 e. The minimum atomic E-state index is -1.07. The van der Waals surface area contributed by atoms with E-state index in [-0.39, 0.29) is 24.8 Å². The molecule has 1 fully saturated rings. The molecule has 1 aromatic rings. The third kappa shape index (κ3) is 6.04. The van der Waals surface area contributed by atoms with Crippen molar-refractivity contribution >= 4 is 52.2 Å². The SMILES string of the molecule is CC[C@H](C)[C@@H](NC(=O)CCN1C(=O)/C(=C\c2ccc(OC)cc2)SC1=S)C(=O)O. The van der Waals surface area contributed by atoms with Gasteiger partial charge >= 0.3 is 5.97 Å². The van der Waals surface area contributed by atoms with Gasteiger partial charge in [0.25, 0.3) is 5.91 Å². The monoisotopic (exact) mass is 436 g/mol. The Kier molecular flexibility index (Phi) is 8.21. The lowest BCUT2D eigenvalue weighted by atomic mass is 9.99. The highest BCUT2D eigenvalue weighted by Gasteiger charge is 2.32. The van der Waals surface area contributed by atoms with Crippen LogP contribution in [-0.4, -0.2) is 51.8 Å². The van der Waals surface area contributed by atoms with E-state index in [1.165, 1.54) is 16.7 Å². The number of amides is 2. The molecule has 156 valence electrons. The Morgan fingerprint density at radius 2 is 2.00 bits per heavy atom. The number of hydrogen-bond donors (Lipinski definition) is 2. The molecule has 0 bridgehead atoms. The molecule has 1 heterocycles. The van der Waals surface area contributed by atoms with Crippen molar-refractivity contribution in [1.29, 1.82) is 0 Å². The Morgan fingerprint density at radius 1 is 1.34 bits per heavy atom. The molecular weight excluding hydrogens is 412 g/mol. The highest BCUT2D eigenvalue weighted by molar-refractivity contribution is 8.26. The Bertz CT molecular complexity index is 823. The van der Waals surface area contributed by atoms with Gasteiger partial charge in [-0.25, -0.2) is 4.79 Å².